The molecule has 1 N–H and O–H groups in total. The number of rotatable bonds is 4. The van der Waals surface area contributed by atoms with Gasteiger partial charge in [0.1, 0.15) is 5.75 Å². The summed E-state index contributed by atoms with van der Waals surface area (Å²) in [6, 6.07) is 12.9. The maximum Gasteiger partial charge on any atom is 0.119 e. The second-order valence-electron chi connectivity index (χ2n) is 4.87. The minimum absolute atomic E-state index is 0.876. The molecule has 0 saturated carbocycles. The van der Waals surface area contributed by atoms with Crippen LogP contribution >= 0.6 is 0 Å². The van der Waals surface area contributed by atoms with Crippen molar-refractivity contribution in [3.63, 3.8) is 0 Å². The second-order valence-corrected chi connectivity index (χ2v) is 4.87. The molecule has 0 spiro atoms. The molecule has 2 aromatic carbocycles. The first-order valence-electron chi connectivity index (χ1n) is 6.55. The van der Waals surface area contributed by atoms with Crippen molar-refractivity contribution in [2.24, 2.45) is 0 Å². The Kier molecular flexibility index (Phi) is 4.23. The van der Waals surface area contributed by atoms with E-state index >= 15 is 0 Å². The summed E-state index contributed by atoms with van der Waals surface area (Å²) in [5, 5.41) is 3.23. The third-order valence-electron chi connectivity index (χ3n) is 3.36. The van der Waals surface area contributed by atoms with Crippen LogP contribution in [0.25, 0.3) is 11.1 Å². The van der Waals surface area contributed by atoms with Gasteiger partial charge in [-0.1, -0.05) is 29.8 Å². The molecule has 0 radical (unpaired) electrons. The largest absolute Gasteiger partial charge is 0.497 e. The second kappa shape index (κ2) is 5.89. The van der Waals surface area contributed by atoms with Crippen LogP contribution in [0.4, 0.5) is 0 Å². The number of methoxy groups -OCH3 is 1. The Bertz CT molecular complexity index is 575. The van der Waals surface area contributed by atoms with E-state index in [0.717, 1.165) is 12.3 Å². The first kappa shape index (κ1) is 13.6. The van der Waals surface area contributed by atoms with Crippen LogP contribution in [0.2, 0.25) is 0 Å². The third kappa shape index (κ3) is 2.96. The van der Waals surface area contributed by atoms with Crippen molar-refractivity contribution in [3.05, 3.63) is 53.1 Å². The quantitative estimate of drug-likeness (QED) is 0.899. The minimum Gasteiger partial charge on any atom is -0.497 e. The molecule has 100 valence electrons. The minimum atomic E-state index is 0.876. The van der Waals surface area contributed by atoms with Crippen LogP contribution in [-0.4, -0.2) is 14.2 Å². The summed E-state index contributed by atoms with van der Waals surface area (Å²) in [6.07, 6.45) is 0. The predicted octanol–water partition coefficient (Wildman–Crippen LogP) is 3.70. The summed E-state index contributed by atoms with van der Waals surface area (Å²) in [5.74, 6) is 0.907. The van der Waals surface area contributed by atoms with Gasteiger partial charge in [-0.2, -0.15) is 0 Å². The number of benzene rings is 2. The van der Waals surface area contributed by atoms with Gasteiger partial charge in [-0.25, -0.2) is 0 Å². The molecule has 2 rings (SSSR count). The molecule has 19 heavy (non-hydrogen) atoms. The number of hydrogen-bond donors (Lipinski definition) is 1. The highest BCUT2D eigenvalue weighted by Crippen LogP contribution is 2.30. The summed E-state index contributed by atoms with van der Waals surface area (Å²) in [6.45, 7) is 5.13. The Morgan fingerprint density at radius 2 is 1.79 bits per heavy atom. The SMILES string of the molecule is CNCc1ccc(C)cc1-c1ccc(OC)cc1C. The van der Waals surface area contributed by atoms with Crippen molar-refractivity contribution < 1.29 is 4.74 Å². The van der Waals surface area contributed by atoms with Gasteiger partial charge in [-0.05, 0) is 55.3 Å². The molecular formula is C17H21NO. The van der Waals surface area contributed by atoms with Crippen molar-refractivity contribution in [1.29, 1.82) is 0 Å². The molecule has 0 saturated heterocycles. The predicted molar refractivity (Wildman–Crippen MR) is 80.7 cm³/mol. The van der Waals surface area contributed by atoms with Crippen molar-refractivity contribution >= 4 is 0 Å². The van der Waals surface area contributed by atoms with Crippen molar-refractivity contribution in [1.82, 2.24) is 5.32 Å². The number of aryl methyl sites for hydroxylation is 2. The molecule has 0 aliphatic carbocycles. The Morgan fingerprint density at radius 3 is 2.42 bits per heavy atom. The van der Waals surface area contributed by atoms with Crippen LogP contribution in [0.1, 0.15) is 16.7 Å². The van der Waals surface area contributed by atoms with E-state index in [1.54, 1.807) is 7.11 Å². The van der Waals surface area contributed by atoms with E-state index in [1.807, 2.05) is 13.1 Å². The van der Waals surface area contributed by atoms with E-state index in [4.69, 9.17) is 4.74 Å². The van der Waals surface area contributed by atoms with Gasteiger partial charge in [0.2, 0.25) is 0 Å². The highest BCUT2D eigenvalue weighted by atomic mass is 16.5. The van der Waals surface area contributed by atoms with Crippen LogP contribution in [0.3, 0.4) is 0 Å². The highest BCUT2D eigenvalue weighted by Gasteiger charge is 2.08. The van der Waals surface area contributed by atoms with Gasteiger partial charge in [-0.15, -0.1) is 0 Å². The fourth-order valence-corrected chi connectivity index (χ4v) is 2.35. The monoisotopic (exact) mass is 255 g/mol. The first-order valence-corrected chi connectivity index (χ1v) is 6.55. The van der Waals surface area contributed by atoms with E-state index < -0.39 is 0 Å². The molecule has 2 aromatic rings. The van der Waals surface area contributed by atoms with Crippen LogP contribution in [0.15, 0.2) is 36.4 Å². The molecule has 0 fully saturated rings. The molecule has 0 bridgehead atoms. The summed E-state index contributed by atoms with van der Waals surface area (Å²) < 4.78 is 5.28. The standard InChI is InChI=1S/C17H21NO/c1-12-5-6-14(11-18-3)17(9-12)16-8-7-15(19-4)10-13(16)2/h5-10,18H,11H2,1-4H3. The summed E-state index contributed by atoms with van der Waals surface area (Å²) in [4.78, 5) is 0. The smallest absolute Gasteiger partial charge is 0.119 e. The lowest BCUT2D eigenvalue weighted by Crippen LogP contribution is -2.06. The summed E-state index contributed by atoms with van der Waals surface area (Å²) >= 11 is 0. The Hall–Kier alpha value is -1.80. The molecule has 2 heteroatoms. The molecule has 0 heterocycles. The zero-order chi connectivity index (χ0) is 13.8. The lowest BCUT2D eigenvalue weighted by molar-refractivity contribution is 0.414. The van der Waals surface area contributed by atoms with E-state index in [9.17, 15) is 0 Å². The van der Waals surface area contributed by atoms with E-state index in [2.05, 4.69) is 49.5 Å². The molecule has 0 atom stereocenters. The van der Waals surface area contributed by atoms with Crippen molar-refractivity contribution in [2.45, 2.75) is 20.4 Å². The molecule has 0 aliphatic rings. The van der Waals surface area contributed by atoms with Gasteiger partial charge in [0.05, 0.1) is 7.11 Å². The average molecular weight is 255 g/mol. The number of nitrogens with one attached hydrogen (secondary N) is 1. The zero-order valence-electron chi connectivity index (χ0n) is 12.1. The van der Waals surface area contributed by atoms with Gasteiger partial charge in [0.25, 0.3) is 0 Å². The lowest BCUT2D eigenvalue weighted by Gasteiger charge is -2.14. The third-order valence-corrected chi connectivity index (χ3v) is 3.36. The number of ether oxygens (including phenoxy) is 1. The van der Waals surface area contributed by atoms with Crippen molar-refractivity contribution in [3.8, 4) is 16.9 Å². The molecule has 0 unspecified atom stereocenters. The van der Waals surface area contributed by atoms with Gasteiger partial charge < -0.3 is 10.1 Å². The van der Waals surface area contributed by atoms with E-state index in [0.29, 0.717) is 0 Å². The van der Waals surface area contributed by atoms with Crippen LogP contribution in [0, 0.1) is 13.8 Å². The Balaban J connectivity index is 2.54. The maximum atomic E-state index is 5.28. The van der Waals surface area contributed by atoms with Crippen LogP contribution in [-0.2, 0) is 6.54 Å². The molecule has 0 aromatic heterocycles. The number of hydrogen-bond acceptors (Lipinski definition) is 2. The fourth-order valence-electron chi connectivity index (χ4n) is 2.35. The zero-order valence-corrected chi connectivity index (χ0v) is 12.1. The first-order chi connectivity index (χ1) is 9.15. The van der Waals surface area contributed by atoms with Crippen LogP contribution in [0.5, 0.6) is 5.75 Å². The summed E-state index contributed by atoms with van der Waals surface area (Å²) in [5.41, 5.74) is 6.41. The maximum absolute atomic E-state index is 5.28. The van der Waals surface area contributed by atoms with Gasteiger partial charge in [0.15, 0.2) is 0 Å². The fraction of sp³-hybridized carbons (Fsp3) is 0.294. The van der Waals surface area contributed by atoms with Gasteiger partial charge in [0, 0.05) is 6.54 Å². The van der Waals surface area contributed by atoms with Gasteiger partial charge >= 0.3 is 0 Å². The van der Waals surface area contributed by atoms with E-state index in [1.165, 1.54) is 27.8 Å². The van der Waals surface area contributed by atoms with E-state index in [-0.39, 0.29) is 0 Å². The molecule has 0 aliphatic heterocycles. The Labute approximate surface area is 115 Å². The topological polar surface area (TPSA) is 21.3 Å². The highest BCUT2D eigenvalue weighted by molar-refractivity contribution is 5.72. The van der Waals surface area contributed by atoms with Crippen molar-refractivity contribution in [2.75, 3.05) is 14.2 Å². The van der Waals surface area contributed by atoms with Gasteiger partial charge in [-0.3, -0.25) is 0 Å². The Morgan fingerprint density at radius 1 is 1.00 bits per heavy atom. The normalized spacial score (nSPS) is 10.5. The lowest BCUT2D eigenvalue weighted by atomic mass is 9.94. The molecule has 0 amide bonds. The summed E-state index contributed by atoms with van der Waals surface area (Å²) in [7, 11) is 3.68. The molecular weight excluding hydrogens is 234 g/mol. The van der Waals surface area contributed by atoms with Crippen LogP contribution < -0.4 is 10.1 Å². The average Bonchev–Trinajstić information content (AvgIpc) is 2.41. The molecule has 2 nitrogen and oxygen atoms in total.